The Hall–Kier alpha value is -2.55. The molecule has 1 atom stereocenters. The van der Waals surface area contributed by atoms with E-state index < -0.39 is 17.7 Å². The third-order valence-corrected chi connectivity index (χ3v) is 5.17. The summed E-state index contributed by atoms with van der Waals surface area (Å²) in [4.78, 5) is 14.3. The molecular formula is C20H22F3N3O3. The first-order valence-electron chi connectivity index (χ1n) is 9.64. The van der Waals surface area contributed by atoms with Gasteiger partial charge in [-0.3, -0.25) is 4.90 Å². The van der Waals surface area contributed by atoms with Crippen LogP contribution in [0.4, 0.5) is 13.2 Å². The number of esters is 1. The zero-order chi connectivity index (χ0) is 20.6. The van der Waals surface area contributed by atoms with E-state index >= 15 is 0 Å². The Labute approximate surface area is 166 Å². The molecule has 0 bridgehead atoms. The molecule has 0 saturated carbocycles. The number of alkyl halides is 2. The van der Waals surface area contributed by atoms with Crippen molar-refractivity contribution in [1.29, 1.82) is 0 Å². The van der Waals surface area contributed by atoms with E-state index in [2.05, 4.69) is 5.10 Å². The number of hydrogen-bond acceptors (Lipinski definition) is 5. The Balaban J connectivity index is 1.62. The van der Waals surface area contributed by atoms with Crippen LogP contribution in [0.5, 0.6) is 5.88 Å². The van der Waals surface area contributed by atoms with Gasteiger partial charge in [-0.05, 0) is 19.1 Å². The van der Waals surface area contributed by atoms with Crippen LogP contribution in [-0.2, 0) is 11.3 Å². The fraction of sp³-hybridized carbons (Fsp3) is 0.500. The number of nitrogens with zero attached hydrogens (tertiary/aromatic N) is 3. The van der Waals surface area contributed by atoms with Gasteiger partial charge in [-0.25, -0.2) is 22.6 Å². The highest BCUT2D eigenvalue weighted by atomic mass is 19.3. The van der Waals surface area contributed by atoms with Gasteiger partial charge in [0.2, 0.25) is 5.88 Å². The summed E-state index contributed by atoms with van der Waals surface area (Å²) in [6.07, 6.45) is -0.141. The summed E-state index contributed by atoms with van der Waals surface area (Å²) in [5.74, 6) is -3.64. The molecule has 2 aliphatic heterocycles. The third kappa shape index (κ3) is 3.96. The smallest absolute Gasteiger partial charge is 0.345 e. The molecule has 1 unspecified atom stereocenters. The number of benzene rings is 1. The van der Waals surface area contributed by atoms with Crippen LogP contribution < -0.4 is 4.74 Å². The highest BCUT2D eigenvalue weighted by molar-refractivity contribution is 5.99. The summed E-state index contributed by atoms with van der Waals surface area (Å²) in [5, 5.41) is 4.42. The highest BCUT2D eigenvalue weighted by Crippen LogP contribution is 2.36. The van der Waals surface area contributed by atoms with Crippen LogP contribution in [0.1, 0.15) is 23.7 Å². The summed E-state index contributed by atoms with van der Waals surface area (Å²) >= 11 is 0. The number of aromatic nitrogens is 2. The average Bonchev–Trinajstić information content (AvgIpc) is 3.21. The fourth-order valence-corrected chi connectivity index (χ4v) is 3.88. The largest absolute Gasteiger partial charge is 0.477 e. The zero-order valence-corrected chi connectivity index (χ0v) is 16.0. The number of hydrogen-bond donors (Lipinski definition) is 0. The van der Waals surface area contributed by atoms with Crippen LogP contribution in [-0.4, -0.2) is 59.4 Å². The standard InChI is InChI=1S/C20H22F3N3O3/c1-2-28-19(27)16-17(14-5-3-4-6-15(14)21)24-26-10-13(11-29-18(16)26)9-25-8-7-20(22,23)12-25/h3-6,13H,2,7-12H2,1H3. The topological polar surface area (TPSA) is 56.6 Å². The molecule has 1 saturated heterocycles. The second-order valence-corrected chi connectivity index (χ2v) is 7.43. The summed E-state index contributed by atoms with van der Waals surface area (Å²) in [5.41, 5.74) is 0.421. The lowest BCUT2D eigenvalue weighted by atomic mass is 10.1. The minimum Gasteiger partial charge on any atom is -0.477 e. The lowest BCUT2D eigenvalue weighted by molar-refractivity contribution is 0.00861. The molecule has 9 heteroatoms. The minimum absolute atomic E-state index is 0.0696. The summed E-state index contributed by atoms with van der Waals surface area (Å²) in [6.45, 7) is 3.01. The Bertz CT molecular complexity index is 916. The normalized spacial score (nSPS) is 20.9. The van der Waals surface area contributed by atoms with Gasteiger partial charge in [0.1, 0.15) is 17.1 Å². The van der Waals surface area contributed by atoms with Crippen LogP contribution in [0, 0.1) is 11.7 Å². The van der Waals surface area contributed by atoms with Crippen molar-refractivity contribution in [1.82, 2.24) is 14.7 Å². The first-order valence-corrected chi connectivity index (χ1v) is 9.64. The van der Waals surface area contributed by atoms with Gasteiger partial charge in [0.05, 0.1) is 26.3 Å². The maximum Gasteiger partial charge on any atom is 0.345 e. The van der Waals surface area contributed by atoms with E-state index in [1.54, 1.807) is 24.0 Å². The first-order chi connectivity index (χ1) is 13.9. The van der Waals surface area contributed by atoms with E-state index in [0.29, 0.717) is 19.6 Å². The van der Waals surface area contributed by atoms with Gasteiger partial charge in [0.15, 0.2) is 0 Å². The number of rotatable bonds is 5. The number of carbonyl (C=O) groups excluding carboxylic acids is 1. The minimum atomic E-state index is -2.65. The molecule has 3 heterocycles. The molecule has 1 fully saturated rings. The second-order valence-electron chi connectivity index (χ2n) is 7.43. The van der Waals surface area contributed by atoms with Gasteiger partial charge >= 0.3 is 5.97 Å². The maximum atomic E-state index is 14.4. The molecular weight excluding hydrogens is 387 g/mol. The van der Waals surface area contributed by atoms with Crippen LogP contribution in [0.2, 0.25) is 0 Å². The van der Waals surface area contributed by atoms with Crippen molar-refractivity contribution < 1.29 is 27.4 Å². The monoisotopic (exact) mass is 409 g/mol. The molecule has 1 aromatic carbocycles. The van der Waals surface area contributed by atoms with Crippen molar-refractivity contribution in [3.05, 3.63) is 35.6 Å². The molecule has 0 radical (unpaired) electrons. The van der Waals surface area contributed by atoms with Crippen molar-refractivity contribution in [3.63, 3.8) is 0 Å². The van der Waals surface area contributed by atoms with Gasteiger partial charge in [0, 0.05) is 31.0 Å². The molecule has 156 valence electrons. The third-order valence-electron chi connectivity index (χ3n) is 5.17. The first kappa shape index (κ1) is 19.8. The van der Waals surface area contributed by atoms with Gasteiger partial charge in [-0.2, -0.15) is 5.10 Å². The van der Waals surface area contributed by atoms with Crippen molar-refractivity contribution in [2.45, 2.75) is 25.8 Å². The van der Waals surface area contributed by atoms with Gasteiger partial charge in [-0.15, -0.1) is 0 Å². The fourth-order valence-electron chi connectivity index (χ4n) is 3.88. The van der Waals surface area contributed by atoms with Crippen molar-refractivity contribution in [2.75, 3.05) is 32.8 Å². The molecule has 2 aromatic rings. The second kappa shape index (κ2) is 7.70. The summed E-state index contributed by atoms with van der Waals surface area (Å²) in [7, 11) is 0. The molecule has 0 spiro atoms. The molecule has 0 aliphatic carbocycles. The lowest BCUT2D eigenvalue weighted by Gasteiger charge is -2.28. The van der Waals surface area contributed by atoms with Gasteiger partial charge in [0.25, 0.3) is 5.92 Å². The predicted molar refractivity (Wildman–Crippen MR) is 98.6 cm³/mol. The van der Waals surface area contributed by atoms with E-state index in [1.807, 2.05) is 0 Å². The zero-order valence-electron chi connectivity index (χ0n) is 16.0. The highest BCUT2D eigenvalue weighted by Gasteiger charge is 2.40. The summed E-state index contributed by atoms with van der Waals surface area (Å²) in [6, 6.07) is 6.04. The number of likely N-dealkylation sites (tertiary alicyclic amines) is 1. The van der Waals surface area contributed by atoms with E-state index in [4.69, 9.17) is 9.47 Å². The number of halogens is 3. The SMILES string of the molecule is CCOC(=O)c1c(-c2ccccc2F)nn2c1OCC(CN1CCC(F)(F)C1)C2. The van der Waals surface area contributed by atoms with Crippen molar-refractivity contribution in [3.8, 4) is 17.1 Å². The van der Waals surface area contributed by atoms with Crippen LogP contribution in [0.15, 0.2) is 24.3 Å². The number of ether oxygens (including phenoxy) is 2. The van der Waals surface area contributed by atoms with E-state index in [-0.39, 0.29) is 54.8 Å². The van der Waals surface area contributed by atoms with Crippen LogP contribution in [0.25, 0.3) is 11.3 Å². The molecule has 0 amide bonds. The van der Waals surface area contributed by atoms with E-state index in [9.17, 15) is 18.0 Å². The van der Waals surface area contributed by atoms with Gasteiger partial charge in [-0.1, -0.05) is 12.1 Å². The van der Waals surface area contributed by atoms with Crippen molar-refractivity contribution >= 4 is 5.97 Å². The summed E-state index contributed by atoms with van der Waals surface area (Å²) < 4.78 is 53.7. The Morgan fingerprint density at radius 2 is 2.17 bits per heavy atom. The van der Waals surface area contributed by atoms with Crippen LogP contribution in [0.3, 0.4) is 0 Å². The van der Waals surface area contributed by atoms with Crippen LogP contribution >= 0.6 is 0 Å². The molecule has 0 N–H and O–H groups in total. The quantitative estimate of drug-likeness (QED) is 0.710. The molecule has 6 nitrogen and oxygen atoms in total. The predicted octanol–water partition coefficient (Wildman–Crippen LogP) is 3.22. The molecule has 1 aromatic heterocycles. The average molecular weight is 409 g/mol. The Morgan fingerprint density at radius 3 is 2.86 bits per heavy atom. The molecule has 2 aliphatic rings. The van der Waals surface area contributed by atoms with Crippen molar-refractivity contribution in [2.24, 2.45) is 5.92 Å². The van der Waals surface area contributed by atoms with E-state index in [1.165, 1.54) is 16.8 Å². The number of carbonyl (C=O) groups is 1. The van der Waals surface area contributed by atoms with E-state index in [0.717, 1.165) is 0 Å². The molecule has 4 rings (SSSR count). The number of fused-ring (bicyclic) bond motifs is 1. The lowest BCUT2D eigenvalue weighted by Crippen LogP contribution is -2.37. The Kier molecular flexibility index (Phi) is 5.24. The van der Waals surface area contributed by atoms with Gasteiger partial charge < -0.3 is 9.47 Å². The molecule has 29 heavy (non-hydrogen) atoms. The Morgan fingerprint density at radius 1 is 1.38 bits per heavy atom. The maximum absolute atomic E-state index is 14.4.